The molecule has 1 aromatic heterocycles. The number of likely N-dealkylation sites (tertiary alicyclic amines) is 1. The van der Waals surface area contributed by atoms with E-state index in [1.165, 1.54) is 12.8 Å². The Bertz CT molecular complexity index is 520. The number of amides is 1. The molecule has 1 aromatic rings. The van der Waals surface area contributed by atoms with Gasteiger partial charge in [0.15, 0.2) is 0 Å². The first-order chi connectivity index (χ1) is 10.6. The van der Waals surface area contributed by atoms with Crippen LogP contribution in [-0.2, 0) is 4.79 Å². The lowest BCUT2D eigenvalue weighted by Crippen LogP contribution is -2.45. The van der Waals surface area contributed by atoms with Gasteiger partial charge in [-0.1, -0.05) is 13.8 Å². The molecule has 1 aliphatic carbocycles. The van der Waals surface area contributed by atoms with E-state index in [0.717, 1.165) is 31.8 Å². The average Bonchev–Trinajstić information content (AvgIpc) is 3.24. The third-order valence-corrected chi connectivity index (χ3v) is 4.91. The van der Waals surface area contributed by atoms with E-state index in [9.17, 15) is 4.79 Å². The molecule has 1 saturated carbocycles. The van der Waals surface area contributed by atoms with E-state index in [0.29, 0.717) is 24.5 Å². The van der Waals surface area contributed by atoms with Crippen molar-refractivity contribution in [3.63, 3.8) is 0 Å². The second-order valence-electron chi connectivity index (χ2n) is 7.13. The second-order valence-corrected chi connectivity index (χ2v) is 7.13. The lowest BCUT2D eigenvalue weighted by Gasteiger charge is -2.35. The van der Waals surface area contributed by atoms with E-state index in [1.807, 2.05) is 6.20 Å². The van der Waals surface area contributed by atoms with Crippen LogP contribution in [0.1, 0.15) is 57.3 Å². The molecule has 1 amide bonds. The smallest absolute Gasteiger partial charge is 0.236 e. The zero-order valence-electron chi connectivity index (χ0n) is 14.0. The van der Waals surface area contributed by atoms with Gasteiger partial charge < -0.3 is 9.47 Å². The van der Waals surface area contributed by atoms with Crippen LogP contribution in [0.5, 0.6) is 0 Å². The zero-order valence-corrected chi connectivity index (χ0v) is 14.0. The van der Waals surface area contributed by atoms with Crippen LogP contribution in [0.15, 0.2) is 12.4 Å². The Labute approximate surface area is 133 Å². The van der Waals surface area contributed by atoms with Gasteiger partial charge in [-0.25, -0.2) is 4.98 Å². The predicted molar refractivity (Wildman–Crippen MR) is 86.8 cm³/mol. The maximum atomic E-state index is 12.5. The third-order valence-electron chi connectivity index (χ3n) is 4.91. The van der Waals surface area contributed by atoms with Crippen LogP contribution < -0.4 is 0 Å². The summed E-state index contributed by atoms with van der Waals surface area (Å²) >= 11 is 0. The lowest BCUT2D eigenvalue weighted by molar-refractivity contribution is -0.133. The van der Waals surface area contributed by atoms with E-state index in [1.54, 1.807) is 0 Å². The Morgan fingerprint density at radius 2 is 2.18 bits per heavy atom. The Kier molecular flexibility index (Phi) is 4.52. The zero-order chi connectivity index (χ0) is 15.7. The monoisotopic (exact) mass is 304 g/mol. The summed E-state index contributed by atoms with van der Waals surface area (Å²) in [6, 6.07) is 1.02. The van der Waals surface area contributed by atoms with Crippen molar-refractivity contribution in [2.75, 3.05) is 26.7 Å². The number of aromatic nitrogens is 2. The van der Waals surface area contributed by atoms with Gasteiger partial charge in [0.1, 0.15) is 5.82 Å². The summed E-state index contributed by atoms with van der Waals surface area (Å²) < 4.78 is 2.29. The van der Waals surface area contributed by atoms with Crippen LogP contribution in [0.2, 0.25) is 0 Å². The first-order valence-corrected chi connectivity index (χ1v) is 8.57. The number of imidazole rings is 1. The van der Waals surface area contributed by atoms with Crippen molar-refractivity contribution in [3.05, 3.63) is 18.2 Å². The quantitative estimate of drug-likeness (QED) is 0.838. The van der Waals surface area contributed by atoms with Crippen molar-refractivity contribution in [3.8, 4) is 0 Å². The molecule has 2 fully saturated rings. The van der Waals surface area contributed by atoms with Crippen molar-refractivity contribution in [2.24, 2.45) is 0 Å². The standard InChI is InChI=1S/C17H28N4O/c1-13(2)17-18-8-10-21(17)15-5-4-9-20(11-15)16(22)12-19(3)14-6-7-14/h8,10,13-15H,4-7,9,11-12H2,1-3H3. The summed E-state index contributed by atoms with van der Waals surface area (Å²) in [6.45, 7) is 6.65. The molecule has 1 aliphatic heterocycles. The molecule has 22 heavy (non-hydrogen) atoms. The number of carbonyl (C=O) groups is 1. The fraction of sp³-hybridized carbons (Fsp3) is 0.765. The molecule has 0 N–H and O–H groups in total. The minimum atomic E-state index is 0.283. The third kappa shape index (κ3) is 3.35. The van der Waals surface area contributed by atoms with Gasteiger partial charge in [0.2, 0.25) is 5.91 Å². The maximum Gasteiger partial charge on any atom is 0.236 e. The minimum Gasteiger partial charge on any atom is -0.340 e. The summed E-state index contributed by atoms with van der Waals surface area (Å²) in [4.78, 5) is 21.3. The van der Waals surface area contributed by atoms with Crippen LogP contribution in [-0.4, -0.2) is 58.0 Å². The minimum absolute atomic E-state index is 0.283. The fourth-order valence-electron chi connectivity index (χ4n) is 3.45. The number of hydrogen-bond acceptors (Lipinski definition) is 3. The van der Waals surface area contributed by atoms with Crippen LogP contribution in [0.4, 0.5) is 0 Å². The van der Waals surface area contributed by atoms with Gasteiger partial charge in [-0.05, 0) is 32.7 Å². The number of nitrogens with zero attached hydrogens (tertiary/aromatic N) is 4. The second kappa shape index (κ2) is 6.41. The fourth-order valence-corrected chi connectivity index (χ4v) is 3.45. The molecule has 122 valence electrons. The summed E-state index contributed by atoms with van der Waals surface area (Å²) in [7, 11) is 2.07. The number of hydrogen-bond donors (Lipinski definition) is 0. The molecule has 0 bridgehead atoms. The average molecular weight is 304 g/mol. The van der Waals surface area contributed by atoms with Crippen LogP contribution >= 0.6 is 0 Å². The van der Waals surface area contributed by atoms with Crippen molar-refractivity contribution in [1.82, 2.24) is 19.4 Å². The van der Waals surface area contributed by atoms with Crippen molar-refractivity contribution in [2.45, 2.75) is 57.5 Å². The lowest BCUT2D eigenvalue weighted by atomic mass is 10.0. The van der Waals surface area contributed by atoms with E-state index in [4.69, 9.17) is 0 Å². The first-order valence-electron chi connectivity index (χ1n) is 8.57. The van der Waals surface area contributed by atoms with Gasteiger partial charge in [0.05, 0.1) is 12.6 Å². The van der Waals surface area contributed by atoms with Crippen molar-refractivity contribution in [1.29, 1.82) is 0 Å². The summed E-state index contributed by atoms with van der Waals surface area (Å²) in [6.07, 6.45) is 8.68. The number of piperidine rings is 1. The Morgan fingerprint density at radius 1 is 1.41 bits per heavy atom. The number of likely N-dealkylation sites (N-methyl/N-ethyl adjacent to an activating group) is 1. The molecule has 5 heteroatoms. The Morgan fingerprint density at radius 3 is 2.86 bits per heavy atom. The van der Waals surface area contributed by atoms with E-state index < -0.39 is 0 Å². The molecule has 3 rings (SSSR count). The van der Waals surface area contributed by atoms with Crippen molar-refractivity contribution < 1.29 is 4.79 Å². The molecule has 5 nitrogen and oxygen atoms in total. The maximum absolute atomic E-state index is 12.5. The van der Waals surface area contributed by atoms with Crippen LogP contribution in [0.25, 0.3) is 0 Å². The Hall–Kier alpha value is -1.36. The van der Waals surface area contributed by atoms with E-state index in [-0.39, 0.29) is 5.91 Å². The van der Waals surface area contributed by atoms with Crippen LogP contribution in [0, 0.1) is 0 Å². The summed E-state index contributed by atoms with van der Waals surface area (Å²) in [5.41, 5.74) is 0. The summed E-state index contributed by atoms with van der Waals surface area (Å²) in [5.74, 6) is 1.83. The summed E-state index contributed by atoms with van der Waals surface area (Å²) in [5, 5.41) is 0. The molecular weight excluding hydrogens is 276 g/mol. The molecule has 2 heterocycles. The topological polar surface area (TPSA) is 41.4 Å². The van der Waals surface area contributed by atoms with E-state index >= 15 is 0 Å². The van der Waals surface area contributed by atoms with Gasteiger partial charge in [-0.2, -0.15) is 0 Å². The largest absolute Gasteiger partial charge is 0.340 e. The van der Waals surface area contributed by atoms with Crippen molar-refractivity contribution >= 4 is 5.91 Å². The molecular formula is C17H28N4O. The van der Waals surface area contributed by atoms with Gasteiger partial charge in [-0.15, -0.1) is 0 Å². The SMILES string of the molecule is CC(C)c1nccn1C1CCCN(C(=O)CN(C)C2CC2)C1. The van der Waals surface area contributed by atoms with E-state index in [2.05, 4.69) is 46.4 Å². The number of carbonyl (C=O) groups excluding carboxylic acids is 1. The molecule has 0 radical (unpaired) electrons. The molecule has 0 aromatic carbocycles. The highest BCUT2D eigenvalue weighted by Gasteiger charge is 2.31. The highest BCUT2D eigenvalue weighted by molar-refractivity contribution is 5.78. The van der Waals surface area contributed by atoms with Gasteiger partial charge >= 0.3 is 0 Å². The van der Waals surface area contributed by atoms with Gasteiger partial charge in [0, 0.05) is 37.4 Å². The normalized spacial score (nSPS) is 22.6. The van der Waals surface area contributed by atoms with Gasteiger partial charge in [0.25, 0.3) is 0 Å². The Balaban J connectivity index is 1.63. The predicted octanol–water partition coefficient (Wildman–Crippen LogP) is 2.26. The molecule has 2 aliphatic rings. The highest BCUT2D eigenvalue weighted by Crippen LogP contribution is 2.27. The number of rotatable bonds is 5. The first kappa shape index (κ1) is 15.5. The van der Waals surface area contributed by atoms with Crippen LogP contribution in [0.3, 0.4) is 0 Å². The molecule has 0 spiro atoms. The molecule has 1 unspecified atom stereocenters. The van der Waals surface area contributed by atoms with Gasteiger partial charge in [-0.3, -0.25) is 9.69 Å². The molecule has 1 saturated heterocycles. The highest BCUT2D eigenvalue weighted by atomic mass is 16.2. The molecule has 1 atom stereocenters.